The molecule has 1 aromatic rings. The summed E-state index contributed by atoms with van der Waals surface area (Å²) in [6, 6.07) is 6.38. The predicted octanol–water partition coefficient (Wildman–Crippen LogP) is 2.44. The first-order chi connectivity index (χ1) is 20.9. The molecule has 0 aliphatic carbocycles. The Morgan fingerprint density at radius 3 is 2.25 bits per heavy atom. The zero-order valence-corrected chi connectivity index (χ0v) is 28.6. The fourth-order valence-corrected chi connectivity index (χ4v) is 8.05. The third-order valence-electron chi connectivity index (χ3n) is 9.40. The van der Waals surface area contributed by atoms with Crippen molar-refractivity contribution in [3.05, 3.63) is 18.2 Å². The van der Waals surface area contributed by atoms with Crippen LogP contribution in [-0.4, -0.2) is 146 Å². The van der Waals surface area contributed by atoms with Crippen LogP contribution < -0.4 is 14.5 Å². The van der Waals surface area contributed by atoms with Gasteiger partial charge in [0.15, 0.2) is 6.79 Å². The van der Waals surface area contributed by atoms with Crippen LogP contribution in [0.3, 0.4) is 0 Å². The Morgan fingerprint density at radius 2 is 1.59 bits per heavy atom. The van der Waals surface area contributed by atoms with Crippen molar-refractivity contribution in [2.75, 3.05) is 126 Å². The monoisotopic (exact) mass is 656 g/mol. The van der Waals surface area contributed by atoms with Crippen LogP contribution in [0.2, 0.25) is 0 Å². The molecule has 11 nitrogen and oxygen atoms in total. The third kappa shape index (κ3) is 8.73. The van der Waals surface area contributed by atoms with Gasteiger partial charge in [-0.15, -0.1) is 0 Å². The lowest BCUT2D eigenvalue weighted by Gasteiger charge is -2.39. The number of esters is 1. The Morgan fingerprint density at radius 1 is 0.909 bits per heavy atom. The van der Waals surface area contributed by atoms with Crippen LogP contribution in [0.5, 0.6) is 5.75 Å². The van der Waals surface area contributed by atoms with Gasteiger partial charge in [0.1, 0.15) is 11.9 Å². The molecule has 4 heterocycles. The standard InChI is InChI=1S/C31H52N4O7S2/c1-43(2,3)22-21-40-25-41-26-5-6-28(29(23-26)34-17-19-39-20-18-34)33-15-13-32(14-16-33)10-7-27-24-31(30(36)42-27)8-11-35(12-9-31)44(4,37)38/h5-6,23,27H,7-22,24-25H2,1-4H3. The molecule has 0 radical (unpaired) electrons. The second-order valence-electron chi connectivity index (χ2n) is 13.5. The predicted molar refractivity (Wildman–Crippen MR) is 177 cm³/mol. The third-order valence-corrected chi connectivity index (χ3v) is 12.1. The number of hydrogen-bond acceptors (Lipinski definition) is 10. The van der Waals surface area contributed by atoms with E-state index in [1.807, 2.05) is 0 Å². The summed E-state index contributed by atoms with van der Waals surface area (Å²) in [5.74, 6) is 1.75. The highest BCUT2D eigenvalue weighted by Crippen LogP contribution is 2.44. The smallest absolute Gasteiger partial charge is 0.312 e. The van der Waals surface area contributed by atoms with E-state index >= 15 is 0 Å². The van der Waals surface area contributed by atoms with Crippen molar-refractivity contribution >= 4 is 37.4 Å². The average molecular weight is 657 g/mol. The zero-order valence-electron chi connectivity index (χ0n) is 27.0. The average Bonchev–Trinajstić information content (AvgIpc) is 3.29. The van der Waals surface area contributed by atoms with E-state index in [-0.39, 0.29) is 18.9 Å². The number of anilines is 2. The van der Waals surface area contributed by atoms with Crippen molar-refractivity contribution in [1.82, 2.24) is 9.21 Å². The zero-order chi connectivity index (χ0) is 31.4. The van der Waals surface area contributed by atoms with Crippen molar-refractivity contribution in [3.63, 3.8) is 0 Å². The number of carbonyl (C=O) groups excluding carboxylic acids is 1. The molecule has 5 rings (SSSR count). The first kappa shape index (κ1) is 33.6. The normalized spacial score (nSPS) is 24.1. The van der Waals surface area contributed by atoms with Crippen LogP contribution in [0, 0.1) is 5.41 Å². The van der Waals surface area contributed by atoms with E-state index in [1.165, 1.54) is 21.9 Å². The highest BCUT2D eigenvalue weighted by Gasteiger charge is 2.51. The topological polar surface area (TPSA) is 101 Å². The summed E-state index contributed by atoms with van der Waals surface area (Å²) in [7, 11) is -3.80. The first-order valence-electron chi connectivity index (χ1n) is 15.9. The molecule has 4 aliphatic heterocycles. The second kappa shape index (κ2) is 14.3. The molecule has 1 unspecified atom stereocenters. The molecule has 4 aliphatic rings. The van der Waals surface area contributed by atoms with Crippen LogP contribution in [0.15, 0.2) is 18.2 Å². The number of piperazine rings is 1. The molecule has 0 amide bonds. The number of carbonyl (C=O) groups is 1. The first-order valence-corrected chi connectivity index (χ1v) is 20.8. The molecule has 13 heteroatoms. The summed E-state index contributed by atoms with van der Waals surface area (Å²) in [4.78, 5) is 20.2. The van der Waals surface area contributed by atoms with Crippen molar-refractivity contribution in [1.29, 1.82) is 0 Å². The number of morpholine rings is 1. The maximum atomic E-state index is 12.8. The van der Waals surface area contributed by atoms with Gasteiger partial charge in [-0.05, 0) is 50.2 Å². The number of rotatable bonds is 12. The molecule has 0 N–H and O–H groups in total. The lowest BCUT2D eigenvalue weighted by atomic mass is 9.76. The highest BCUT2D eigenvalue weighted by molar-refractivity contribution is 8.32. The molecule has 44 heavy (non-hydrogen) atoms. The van der Waals surface area contributed by atoms with Crippen molar-refractivity contribution < 1.29 is 32.2 Å². The van der Waals surface area contributed by atoms with Crippen LogP contribution >= 0.6 is 10.0 Å². The molecule has 4 fully saturated rings. The fraction of sp³-hybridized carbons (Fsp3) is 0.774. The molecule has 1 atom stereocenters. The SMILES string of the molecule is CS(C)(C)CCOCOc1ccc(N2CCN(CCC3CC4(CCN(S(C)(=O)=O)CC4)C(=O)O3)CC2)c(N2CCOCC2)c1. The van der Waals surface area contributed by atoms with Crippen molar-refractivity contribution in [2.45, 2.75) is 31.8 Å². The van der Waals surface area contributed by atoms with Gasteiger partial charge < -0.3 is 28.7 Å². The molecule has 250 valence electrons. The van der Waals surface area contributed by atoms with E-state index < -0.39 is 25.5 Å². The van der Waals surface area contributed by atoms with Gasteiger partial charge in [0, 0.05) is 77.1 Å². The second-order valence-corrected chi connectivity index (χ2v) is 20.1. The van der Waals surface area contributed by atoms with Gasteiger partial charge >= 0.3 is 5.97 Å². The van der Waals surface area contributed by atoms with E-state index in [1.54, 1.807) is 0 Å². The van der Waals surface area contributed by atoms with Crippen molar-refractivity contribution in [2.24, 2.45) is 5.41 Å². The number of piperidine rings is 1. The van der Waals surface area contributed by atoms with E-state index in [0.717, 1.165) is 77.0 Å². The van der Waals surface area contributed by atoms with Crippen LogP contribution in [0.1, 0.15) is 25.7 Å². The van der Waals surface area contributed by atoms with Gasteiger partial charge in [-0.2, -0.15) is 0 Å². The van der Waals surface area contributed by atoms with Crippen LogP contribution in [0.4, 0.5) is 11.4 Å². The lowest BCUT2D eigenvalue weighted by Crippen LogP contribution is -2.47. The summed E-state index contributed by atoms with van der Waals surface area (Å²) in [5, 5.41) is 0. The minimum atomic E-state index is -3.22. The fourth-order valence-electron chi connectivity index (χ4n) is 6.59. The van der Waals surface area contributed by atoms with E-state index in [0.29, 0.717) is 39.0 Å². The summed E-state index contributed by atoms with van der Waals surface area (Å²) in [6.45, 7) is 9.54. The lowest BCUT2D eigenvalue weighted by molar-refractivity contribution is -0.150. The Kier molecular flexibility index (Phi) is 10.9. The Hall–Kier alpha value is -1.77. The summed E-state index contributed by atoms with van der Waals surface area (Å²) >= 11 is 0. The summed E-state index contributed by atoms with van der Waals surface area (Å²) in [6.07, 6.45) is 10.6. The molecule has 1 spiro atoms. The minimum Gasteiger partial charge on any atom is -0.467 e. The number of sulfonamides is 1. The van der Waals surface area contributed by atoms with E-state index in [9.17, 15) is 13.2 Å². The summed E-state index contributed by atoms with van der Waals surface area (Å²) in [5.41, 5.74) is 1.89. The largest absolute Gasteiger partial charge is 0.467 e. The minimum absolute atomic E-state index is 0.0931. The maximum Gasteiger partial charge on any atom is 0.312 e. The molecule has 0 aromatic heterocycles. The molecule has 0 saturated carbocycles. The molecule has 0 bridgehead atoms. The van der Waals surface area contributed by atoms with Gasteiger partial charge in [-0.1, -0.05) is 0 Å². The Balaban J connectivity index is 1.11. The van der Waals surface area contributed by atoms with Gasteiger partial charge in [-0.25, -0.2) is 22.8 Å². The van der Waals surface area contributed by atoms with Crippen LogP contribution in [0.25, 0.3) is 0 Å². The van der Waals surface area contributed by atoms with Gasteiger partial charge in [0.05, 0.1) is 42.9 Å². The molecule has 4 saturated heterocycles. The Labute approximate surface area is 265 Å². The van der Waals surface area contributed by atoms with Crippen LogP contribution in [-0.2, 0) is 29.0 Å². The summed E-state index contributed by atoms with van der Waals surface area (Å²) < 4.78 is 48.5. The molecule has 1 aromatic carbocycles. The van der Waals surface area contributed by atoms with Crippen molar-refractivity contribution in [3.8, 4) is 5.75 Å². The number of ether oxygens (including phenoxy) is 4. The number of benzene rings is 1. The number of hydrogen-bond donors (Lipinski definition) is 0. The van der Waals surface area contributed by atoms with Gasteiger partial charge in [-0.3, -0.25) is 9.69 Å². The molecular weight excluding hydrogens is 604 g/mol. The Bertz CT molecular complexity index is 1220. The quantitative estimate of drug-likeness (QED) is 0.190. The molecular formula is C31H52N4O7S2. The maximum absolute atomic E-state index is 12.8. The number of nitrogens with zero attached hydrogens (tertiary/aromatic N) is 4. The van der Waals surface area contributed by atoms with E-state index in [4.69, 9.17) is 18.9 Å². The highest BCUT2D eigenvalue weighted by atomic mass is 32.3. The van der Waals surface area contributed by atoms with Gasteiger partial charge in [0.2, 0.25) is 10.0 Å². The van der Waals surface area contributed by atoms with E-state index in [2.05, 4.69) is 51.7 Å². The van der Waals surface area contributed by atoms with Gasteiger partial charge in [0.25, 0.3) is 0 Å². The number of cyclic esters (lactones) is 1.